The second kappa shape index (κ2) is 6.71. The molecule has 0 unspecified atom stereocenters. The molecule has 4 aromatic rings. The van der Waals surface area contributed by atoms with Gasteiger partial charge >= 0.3 is 0 Å². The van der Waals surface area contributed by atoms with Crippen molar-refractivity contribution < 1.29 is 9.21 Å². The third kappa shape index (κ3) is 3.41. The molecule has 6 nitrogen and oxygen atoms in total. The van der Waals surface area contributed by atoms with Crippen LogP contribution in [0.2, 0.25) is 0 Å². The summed E-state index contributed by atoms with van der Waals surface area (Å²) in [6.45, 7) is 5.77. The summed E-state index contributed by atoms with van der Waals surface area (Å²) in [4.78, 5) is 31.4. The van der Waals surface area contributed by atoms with Gasteiger partial charge in [0.2, 0.25) is 5.13 Å². The van der Waals surface area contributed by atoms with E-state index < -0.39 is 5.91 Å². The standard InChI is InChI=1S/C19H15N3O3S2/c1-9-6-10(2)16-12(7-9)13(23)8-14(25-16)18(24)21-19-20-17(22-27-19)15-5-4-11(3)26-15/h4-8H,1-3H3,(H,20,21,22,24). The topological polar surface area (TPSA) is 85.1 Å². The van der Waals surface area contributed by atoms with E-state index in [4.69, 9.17) is 4.42 Å². The molecule has 1 aromatic carbocycles. The SMILES string of the molecule is Cc1cc(C)c2oc(C(=O)Nc3nc(-c4ccc(C)s4)ns3)cc(=O)c2c1. The number of anilines is 1. The number of nitrogens with zero attached hydrogens (tertiary/aromatic N) is 2. The maximum atomic E-state index is 12.5. The van der Waals surface area contributed by atoms with Gasteiger partial charge in [-0.1, -0.05) is 6.07 Å². The molecular weight excluding hydrogens is 382 g/mol. The fraction of sp³-hybridized carbons (Fsp3) is 0.158. The van der Waals surface area contributed by atoms with E-state index in [-0.39, 0.29) is 11.2 Å². The zero-order valence-electron chi connectivity index (χ0n) is 14.8. The first-order chi connectivity index (χ1) is 12.9. The van der Waals surface area contributed by atoms with E-state index >= 15 is 0 Å². The molecule has 0 saturated carbocycles. The summed E-state index contributed by atoms with van der Waals surface area (Å²) in [5.41, 5.74) is 1.95. The van der Waals surface area contributed by atoms with Crippen LogP contribution in [-0.2, 0) is 0 Å². The molecular formula is C19H15N3O3S2. The lowest BCUT2D eigenvalue weighted by molar-refractivity contribution is 0.0997. The zero-order chi connectivity index (χ0) is 19.1. The lowest BCUT2D eigenvalue weighted by Gasteiger charge is -2.06. The average Bonchev–Trinajstić information content (AvgIpc) is 3.24. The Morgan fingerprint density at radius 2 is 1.96 bits per heavy atom. The van der Waals surface area contributed by atoms with Crippen LogP contribution in [0.3, 0.4) is 0 Å². The van der Waals surface area contributed by atoms with Crippen molar-refractivity contribution in [3.63, 3.8) is 0 Å². The summed E-state index contributed by atoms with van der Waals surface area (Å²) in [6.07, 6.45) is 0. The van der Waals surface area contributed by atoms with Crippen LogP contribution in [0.25, 0.3) is 21.7 Å². The normalized spacial score (nSPS) is 11.1. The molecule has 0 aliphatic carbocycles. The largest absolute Gasteiger partial charge is 0.450 e. The Morgan fingerprint density at radius 1 is 1.15 bits per heavy atom. The smallest absolute Gasteiger partial charge is 0.293 e. The van der Waals surface area contributed by atoms with Crippen LogP contribution < -0.4 is 10.7 Å². The molecule has 0 aliphatic rings. The Balaban J connectivity index is 1.64. The van der Waals surface area contributed by atoms with Gasteiger partial charge in [-0.3, -0.25) is 14.9 Å². The van der Waals surface area contributed by atoms with Crippen molar-refractivity contribution in [1.82, 2.24) is 9.36 Å². The van der Waals surface area contributed by atoms with Gasteiger partial charge in [-0.2, -0.15) is 9.36 Å². The minimum Gasteiger partial charge on any atom is -0.450 e. The number of carbonyl (C=O) groups is 1. The van der Waals surface area contributed by atoms with E-state index in [9.17, 15) is 9.59 Å². The minimum atomic E-state index is -0.529. The second-order valence-electron chi connectivity index (χ2n) is 6.22. The van der Waals surface area contributed by atoms with Gasteiger partial charge in [-0.05, 0) is 50.1 Å². The Hall–Kier alpha value is -2.84. The maximum Gasteiger partial charge on any atom is 0.293 e. The van der Waals surface area contributed by atoms with E-state index in [1.165, 1.54) is 6.07 Å². The quantitative estimate of drug-likeness (QED) is 0.548. The highest BCUT2D eigenvalue weighted by molar-refractivity contribution is 7.15. The van der Waals surface area contributed by atoms with Gasteiger partial charge in [0.05, 0.1) is 10.3 Å². The molecule has 1 amide bonds. The highest BCUT2D eigenvalue weighted by Gasteiger charge is 2.17. The monoisotopic (exact) mass is 397 g/mol. The Bertz CT molecular complexity index is 1240. The molecule has 0 radical (unpaired) electrons. The summed E-state index contributed by atoms with van der Waals surface area (Å²) in [6, 6.07) is 8.82. The van der Waals surface area contributed by atoms with Gasteiger partial charge in [0.25, 0.3) is 5.91 Å². The number of aryl methyl sites for hydroxylation is 3. The molecule has 0 fully saturated rings. The van der Waals surface area contributed by atoms with Crippen LogP contribution in [0.15, 0.2) is 39.5 Å². The van der Waals surface area contributed by atoms with Gasteiger partial charge < -0.3 is 4.42 Å². The Labute approximate surface area is 162 Å². The molecule has 1 N–H and O–H groups in total. The van der Waals surface area contributed by atoms with Crippen LogP contribution in [0, 0.1) is 20.8 Å². The molecule has 27 heavy (non-hydrogen) atoms. The number of aromatic nitrogens is 2. The number of amides is 1. The molecule has 0 atom stereocenters. The fourth-order valence-corrected chi connectivity index (χ4v) is 4.25. The van der Waals surface area contributed by atoms with Crippen molar-refractivity contribution in [2.75, 3.05) is 5.32 Å². The first kappa shape index (κ1) is 17.6. The number of carbonyl (C=O) groups excluding carboxylic acids is 1. The van der Waals surface area contributed by atoms with Crippen molar-refractivity contribution >= 4 is 44.9 Å². The lowest BCUT2D eigenvalue weighted by atomic mass is 10.1. The summed E-state index contributed by atoms with van der Waals surface area (Å²) in [7, 11) is 0. The van der Waals surface area contributed by atoms with E-state index in [1.54, 1.807) is 17.4 Å². The van der Waals surface area contributed by atoms with E-state index in [1.807, 2.05) is 39.0 Å². The first-order valence-corrected chi connectivity index (χ1v) is 9.76. The molecule has 0 aliphatic heterocycles. The molecule has 0 spiro atoms. The lowest BCUT2D eigenvalue weighted by Crippen LogP contribution is -2.15. The van der Waals surface area contributed by atoms with Crippen molar-refractivity contribution in [2.24, 2.45) is 0 Å². The molecule has 3 aromatic heterocycles. The molecule has 0 bridgehead atoms. The highest BCUT2D eigenvalue weighted by Crippen LogP contribution is 2.28. The third-order valence-corrected chi connectivity index (χ3v) is 5.62. The molecule has 8 heteroatoms. The zero-order valence-corrected chi connectivity index (χ0v) is 16.5. The van der Waals surface area contributed by atoms with Crippen molar-refractivity contribution in [1.29, 1.82) is 0 Å². The first-order valence-electron chi connectivity index (χ1n) is 8.17. The van der Waals surface area contributed by atoms with E-state index in [0.29, 0.717) is 21.9 Å². The van der Waals surface area contributed by atoms with Crippen LogP contribution in [0.4, 0.5) is 5.13 Å². The predicted molar refractivity (Wildman–Crippen MR) is 108 cm³/mol. The van der Waals surface area contributed by atoms with Gasteiger partial charge in [0.15, 0.2) is 17.0 Å². The van der Waals surface area contributed by atoms with Crippen molar-refractivity contribution in [3.8, 4) is 10.7 Å². The molecule has 0 saturated heterocycles. The third-order valence-electron chi connectivity index (χ3n) is 3.99. The Morgan fingerprint density at radius 3 is 2.70 bits per heavy atom. The van der Waals surface area contributed by atoms with E-state index in [2.05, 4.69) is 14.7 Å². The number of thiophene rings is 1. The van der Waals surface area contributed by atoms with Crippen LogP contribution in [0.1, 0.15) is 26.6 Å². The van der Waals surface area contributed by atoms with Crippen molar-refractivity contribution in [2.45, 2.75) is 20.8 Å². The van der Waals surface area contributed by atoms with Crippen LogP contribution in [-0.4, -0.2) is 15.3 Å². The number of hydrogen-bond donors (Lipinski definition) is 1. The van der Waals surface area contributed by atoms with Crippen LogP contribution >= 0.6 is 22.9 Å². The van der Waals surface area contributed by atoms with Crippen LogP contribution in [0.5, 0.6) is 0 Å². The number of benzene rings is 1. The van der Waals surface area contributed by atoms with E-state index in [0.717, 1.165) is 32.4 Å². The molecule has 4 rings (SSSR count). The summed E-state index contributed by atoms with van der Waals surface area (Å²) >= 11 is 2.67. The van der Waals surface area contributed by atoms with Gasteiger partial charge in [0, 0.05) is 22.5 Å². The molecule has 3 heterocycles. The van der Waals surface area contributed by atoms with Gasteiger partial charge in [-0.25, -0.2) is 0 Å². The summed E-state index contributed by atoms with van der Waals surface area (Å²) < 4.78 is 9.98. The fourth-order valence-electron chi connectivity index (χ4n) is 2.81. The minimum absolute atomic E-state index is 0.0526. The number of rotatable bonds is 3. The summed E-state index contributed by atoms with van der Waals surface area (Å²) in [5, 5.41) is 3.48. The average molecular weight is 397 g/mol. The maximum absolute atomic E-state index is 12.5. The number of hydrogen-bond acceptors (Lipinski definition) is 7. The number of nitrogens with one attached hydrogen (secondary N) is 1. The Kier molecular flexibility index (Phi) is 4.37. The highest BCUT2D eigenvalue weighted by atomic mass is 32.1. The number of fused-ring (bicyclic) bond motifs is 1. The van der Waals surface area contributed by atoms with Gasteiger partial charge in [-0.15, -0.1) is 11.3 Å². The second-order valence-corrected chi connectivity index (χ2v) is 8.26. The van der Waals surface area contributed by atoms with Crippen molar-refractivity contribution in [3.05, 3.63) is 62.3 Å². The molecule has 136 valence electrons. The summed E-state index contributed by atoms with van der Waals surface area (Å²) in [5.74, 6) is -0.0121. The predicted octanol–water partition coefficient (Wildman–Crippen LogP) is 4.55. The van der Waals surface area contributed by atoms with Gasteiger partial charge in [0.1, 0.15) is 5.58 Å².